The van der Waals surface area contributed by atoms with Gasteiger partial charge in [-0.15, -0.1) is 0 Å². The number of hydrogen-bond donors (Lipinski definition) is 3. The number of aromatic nitrogens is 1. The second kappa shape index (κ2) is 7.71. The van der Waals surface area contributed by atoms with E-state index in [1.54, 1.807) is 37.4 Å². The molecule has 2 aromatic rings. The summed E-state index contributed by atoms with van der Waals surface area (Å²) in [5.74, 6) is -2.72. The fraction of sp³-hybridized carbons (Fsp3) is 0.316. The van der Waals surface area contributed by atoms with Gasteiger partial charge in [0, 0.05) is 29.9 Å². The van der Waals surface area contributed by atoms with Gasteiger partial charge in [0.15, 0.2) is 0 Å². The number of carboxylic acids is 1. The molecule has 1 fully saturated rings. The number of rotatable bonds is 5. The van der Waals surface area contributed by atoms with Crippen LogP contribution in [0, 0.1) is 11.7 Å². The molecule has 1 saturated heterocycles. The third-order valence-corrected chi connectivity index (χ3v) is 4.99. The quantitative estimate of drug-likeness (QED) is 0.733. The third-order valence-electron chi connectivity index (χ3n) is 4.99. The number of nitrogens with one attached hydrogen (secondary N) is 2. The molecule has 3 N–H and O–H groups in total. The number of likely N-dealkylation sites (tertiary alicyclic amines) is 1. The molecule has 0 bridgehead atoms. The lowest BCUT2D eigenvalue weighted by Gasteiger charge is -2.26. The van der Waals surface area contributed by atoms with Gasteiger partial charge >= 0.3 is 5.97 Å². The zero-order valence-electron chi connectivity index (χ0n) is 14.7. The fourth-order valence-electron chi connectivity index (χ4n) is 3.60. The minimum Gasteiger partial charge on any atom is -0.480 e. The van der Waals surface area contributed by atoms with Crippen molar-refractivity contribution in [1.29, 1.82) is 0 Å². The number of benzene rings is 1. The molecule has 3 rings (SSSR count). The van der Waals surface area contributed by atoms with Crippen LogP contribution in [0.15, 0.2) is 47.4 Å². The van der Waals surface area contributed by atoms with Crippen LogP contribution in [0.3, 0.4) is 0 Å². The Labute approximate surface area is 154 Å². The van der Waals surface area contributed by atoms with E-state index in [1.165, 1.54) is 17.2 Å². The molecule has 8 heteroatoms. The van der Waals surface area contributed by atoms with E-state index in [2.05, 4.69) is 10.3 Å². The zero-order valence-corrected chi connectivity index (χ0v) is 14.7. The summed E-state index contributed by atoms with van der Waals surface area (Å²) in [5, 5.41) is 12.1. The van der Waals surface area contributed by atoms with Gasteiger partial charge in [0.25, 0.3) is 5.56 Å². The van der Waals surface area contributed by atoms with E-state index in [-0.39, 0.29) is 24.1 Å². The van der Waals surface area contributed by atoms with Crippen LogP contribution in [0.5, 0.6) is 0 Å². The first kappa shape index (κ1) is 18.8. The molecule has 0 saturated carbocycles. The van der Waals surface area contributed by atoms with Crippen LogP contribution in [0.2, 0.25) is 0 Å². The number of carbonyl (C=O) groups excluding carboxylic acids is 1. The molecular weight excluding hydrogens is 353 g/mol. The Morgan fingerprint density at radius 1 is 1.30 bits per heavy atom. The van der Waals surface area contributed by atoms with Gasteiger partial charge in [0.05, 0.1) is 5.92 Å². The van der Waals surface area contributed by atoms with Gasteiger partial charge in [-0.1, -0.05) is 24.3 Å². The van der Waals surface area contributed by atoms with E-state index in [0.29, 0.717) is 5.56 Å². The summed E-state index contributed by atoms with van der Waals surface area (Å²) < 4.78 is 14.3. The molecule has 1 aromatic carbocycles. The largest absolute Gasteiger partial charge is 0.480 e. The number of carbonyl (C=O) groups is 2. The highest BCUT2D eigenvalue weighted by molar-refractivity contribution is 5.83. The second-order valence-corrected chi connectivity index (χ2v) is 6.57. The number of aliphatic carboxylic acids is 1. The average Bonchev–Trinajstić information content (AvgIpc) is 2.99. The first-order valence-corrected chi connectivity index (χ1v) is 8.53. The Morgan fingerprint density at radius 2 is 2.04 bits per heavy atom. The molecule has 0 aliphatic carbocycles. The lowest BCUT2D eigenvalue weighted by molar-refractivity contribution is -0.142. The van der Waals surface area contributed by atoms with E-state index in [9.17, 15) is 23.9 Å². The average molecular weight is 373 g/mol. The Bertz CT molecular complexity index is 914. The van der Waals surface area contributed by atoms with Crippen LogP contribution in [0.4, 0.5) is 4.39 Å². The van der Waals surface area contributed by atoms with Crippen LogP contribution in [-0.2, 0) is 16.1 Å². The van der Waals surface area contributed by atoms with E-state index in [0.717, 1.165) is 0 Å². The van der Waals surface area contributed by atoms with Crippen molar-refractivity contribution in [3.63, 3.8) is 0 Å². The summed E-state index contributed by atoms with van der Waals surface area (Å²) in [7, 11) is 1.57. The number of hydrogen-bond acceptors (Lipinski definition) is 4. The van der Waals surface area contributed by atoms with Crippen LogP contribution < -0.4 is 10.9 Å². The summed E-state index contributed by atoms with van der Waals surface area (Å²) in [6, 6.07) is 7.67. The Hall–Kier alpha value is -3.00. The molecule has 142 valence electrons. The first-order chi connectivity index (χ1) is 12.9. The van der Waals surface area contributed by atoms with Crippen molar-refractivity contribution in [1.82, 2.24) is 15.2 Å². The smallest absolute Gasteiger partial charge is 0.320 e. The lowest BCUT2D eigenvalue weighted by Crippen LogP contribution is -2.36. The maximum atomic E-state index is 14.3. The standard InChI is InChI=1S/C19H20FN3O4/c1-23-15(19(26)27)9-13(16(23)12-6-2-3-7-14(12)20)18(25)22-10-11-5-4-8-21-17(11)24/h2-8,13,15-16H,9-10H2,1H3,(H,21,24)(H,22,25)(H,26,27)/t13-,15-,16-/m0/s1. The van der Waals surface area contributed by atoms with Crippen molar-refractivity contribution < 1.29 is 19.1 Å². The maximum Gasteiger partial charge on any atom is 0.320 e. The third kappa shape index (κ3) is 3.75. The number of likely N-dealkylation sites (N-methyl/N-ethyl adjacent to an activating group) is 1. The van der Waals surface area contributed by atoms with E-state index >= 15 is 0 Å². The molecular formula is C19H20FN3O4. The molecule has 27 heavy (non-hydrogen) atoms. The molecule has 0 radical (unpaired) electrons. The SMILES string of the molecule is CN1[C@H](C(=O)O)C[C@H](C(=O)NCc2ccc[nH]c2=O)[C@@H]1c1ccccc1F. The van der Waals surface area contributed by atoms with E-state index < -0.39 is 35.7 Å². The van der Waals surface area contributed by atoms with Crippen molar-refractivity contribution in [2.75, 3.05) is 7.05 Å². The molecule has 1 aliphatic rings. The number of pyridine rings is 1. The number of H-pyrrole nitrogens is 1. The predicted octanol–water partition coefficient (Wildman–Crippen LogP) is 1.28. The highest BCUT2D eigenvalue weighted by Crippen LogP contribution is 2.41. The summed E-state index contributed by atoms with van der Waals surface area (Å²) in [6.07, 6.45) is 1.55. The Morgan fingerprint density at radius 3 is 2.70 bits per heavy atom. The molecule has 3 atom stereocenters. The number of halogens is 1. The summed E-state index contributed by atoms with van der Waals surface area (Å²) in [4.78, 5) is 40.1. The Kier molecular flexibility index (Phi) is 5.36. The van der Waals surface area contributed by atoms with Gasteiger partial charge in [0.2, 0.25) is 5.91 Å². The van der Waals surface area contributed by atoms with Crippen molar-refractivity contribution in [3.05, 3.63) is 69.9 Å². The molecule has 7 nitrogen and oxygen atoms in total. The van der Waals surface area contributed by atoms with Crippen molar-refractivity contribution in [3.8, 4) is 0 Å². The van der Waals surface area contributed by atoms with Crippen molar-refractivity contribution >= 4 is 11.9 Å². The van der Waals surface area contributed by atoms with Gasteiger partial charge in [-0.2, -0.15) is 0 Å². The van der Waals surface area contributed by atoms with Crippen LogP contribution in [0.1, 0.15) is 23.6 Å². The maximum absolute atomic E-state index is 14.3. The number of aromatic amines is 1. The van der Waals surface area contributed by atoms with E-state index in [1.807, 2.05) is 0 Å². The minimum atomic E-state index is -1.06. The fourth-order valence-corrected chi connectivity index (χ4v) is 3.60. The van der Waals surface area contributed by atoms with Crippen molar-refractivity contribution in [2.24, 2.45) is 5.92 Å². The highest BCUT2D eigenvalue weighted by Gasteiger charge is 2.47. The van der Waals surface area contributed by atoms with Gasteiger partial charge < -0.3 is 15.4 Å². The molecule has 1 aromatic heterocycles. The number of amides is 1. The van der Waals surface area contributed by atoms with E-state index in [4.69, 9.17) is 0 Å². The molecule has 1 aliphatic heterocycles. The zero-order chi connectivity index (χ0) is 19.6. The topological polar surface area (TPSA) is 102 Å². The van der Waals surface area contributed by atoms with Gasteiger partial charge in [-0.05, 0) is 25.6 Å². The van der Waals surface area contributed by atoms with Gasteiger partial charge in [-0.25, -0.2) is 4.39 Å². The molecule has 1 amide bonds. The molecule has 2 heterocycles. The molecule has 0 unspecified atom stereocenters. The van der Waals surface area contributed by atoms with Gasteiger partial charge in [-0.3, -0.25) is 19.3 Å². The van der Waals surface area contributed by atoms with Crippen LogP contribution >= 0.6 is 0 Å². The summed E-state index contributed by atoms with van der Waals surface area (Å²) in [5.41, 5.74) is 0.353. The van der Waals surface area contributed by atoms with Crippen LogP contribution in [0.25, 0.3) is 0 Å². The first-order valence-electron chi connectivity index (χ1n) is 8.53. The number of carboxylic acid groups (broad SMARTS) is 1. The summed E-state index contributed by atoms with van der Waals surface area (Å²) in [6.45, 7) is 0.0109. The number of nitrogens with zero attached hydrogens (tertiary/aromatic N) is 1. The second-order valence-electron chi connectivity index (χ2n) is 6.57. The predicted molar refractivity (Wildman–Crippen MR) is 95.3 cm³/mol. The molecule has 0 spiro atoms. The minimum absolute atomic E-state index is 0.0109. The Balaban J connectivity index is 1.85. The monoisotopic (exact) mass is 373 g/mol. The normalized spacial score (nSPS) is 22.5. The van der Waals surface area contributed by atoms with Crippen LogP contribution in [-0.4, -0.2) is 40.0 Å². The lowest BCUT2D eigenvalue weighted by atomic mass is 9.92. The van der Waals surface area contributed by atoms with Gasteiger partial charge in [0.1, 0.15) is 11.9 Å². The highest BCUT2D eigenvalue weighted by atomic mass is 19.1. The van der Waals surface area contributed by atoms with Crippen molar-refractivity contribution in [2.45, 2.75) is 25.0 Å². The summed E-state index contributed by atoms with van der Waals surface area (Å²) >= 11 is 0.